The fourth-order valence-electron chi connectivity index (χ4n) is 4.00. The summed E-state index contributed by atoms with van der Waals surface area (Å²) in [6.07, 6.45) is 6.20. The van der Waals surface area contributed by atoms with Crippen LogP contribution in [0, 0.1) is 0 Å². The Balaban J connectivity index is 1.72. The average Bonchev–Trinajstić information content (AvgIpc) is 2.79. The molecule has 0 unspecified atom stereocenters. The number of benzene rings is 2. The SMILES string of the molecule is CC[C@@H](C(=O)NC1CCCCC1)N(Cc1ccccc1)C(=O)CSc1ccc(Cl)cc1. The first-order valence-corrected chi connectivity index (χ1v) is 12.4. The summed E-state index contributed by atoms with van der Waals surface area (Å²) in [5.41, 5.74) is 1.02. The molecule has 0 radical (unpaired) electrons. The van der Waals surface area contributed by atoms with Gasteiger partial charge < -0.3 is 10.2 Å². The Morgan fingerprint density at radius 3 is 2.39 bits per heavy atom. The molecule has 31 heavy (non-hydrogen) atoms. The van der Waals surface area contributed by atoms with Crippen LogP contribution in [0.15, 0.2) is 59.5 Å². The maximum absolute atomic E-state index is 13.3. The molecule has 0 heterocycles. The summed E-state index contributed by atoms with van der Waals surface area (Å²) in [6, 6.07) is 17.1. The monoisotopic (exact) mass is 458 g/mol. The highest BCUT2D eigenvalue weighted by Crippen LogP contribution is 2.23. The molecule has 0 aliphatic heterocycles. The predicted octanol–water partition coefficient (Wildman–Crippen LogP) is 5.69. The van der Waals surface area contributed by atoms with Gasteiger partial charge in [0.25, 0.3) is 0 Å². The topological polar surface area (TPSA) is 49.4 Å². The van der Waals surface area contributed by atoms with Crippen molar-refractivity contribution in [2.45, 2.75) is 69.0 Å². The molecule has 1 saturated carbocycles. The van der Waals surface area contributed by atoms with Crippen molar-refractivity contribution < 1.29 is 9.59 Å². The lowest BCUT2D eigenvalue weighted by Crippen LogP contribution is -2.52. The largest absolute Gasteiger partial charge is 0.352 e. The number of thioether (sulfide) groups is 1. The number of hydrogen-bond donors (Lipinski definition) is 1. The summed E-state index contributed by atoms with van der Waals surface area (Å²) in [4.78, 5) is 29.2. The van der Waals surface area contributed by atoms with E-state index in [2.05, 4.69) is 5.32 Å². The summed E-state index contributed by atoms with van der Waals surface area (Å²) in [7, 11) is 0. The first kappa shape index (κ1) is 23.7. The number of nitrogens with zero attached hydrogens (tertiary/aromatic N) is 1. The Labute approximate surface area is 194 Å². The quantitative estimate of drug-likeness (QED) is 0.491. The number of hydrogen-bond acceptors (Lipinski definition) is 3. The molecular formula is C25H31ClN2O2S. The van der Waals surface area contributed by atoms with Crippen molar-refractivity contribution in [3.63, 3.8) is 0 Å². The molecule has 0 aromatic heterocycles. The summed E-state index contributed by atoms with van der Waals surface area (Å²) in [5.74, 6) is 0.214. The lowest BCUT2D eigenvalue weighted by atomic mass is 9.95. The third-order valence-corrected chi connectivity index (χ3v) is 6.96. The van der Waals surface area contributed by atoms with Gasteiger partial charge in [-0.25, -0.2) is 0 Å². The third kappa shape index (κ3) is 7.29. The molecule has 0 saturated heterocycles. The Kier molecular flexibility index (Phi) is 9.29. The molecule has 2 amide bonds. The van der Waals surface area contributed by atoms with Crippen molar-refractivity contribution in [2.75, 3.05) is 5.75 Å². The fraction of sp³-hybridized carbons (Fsp3) is 0.440. The highest BCUT2D eigenvalue weighted by atomic mass is 35.5. The van der Waals surface area contributed by atoms with Crippen LogP contribution < -0.4 is 5.32 Å². The molecule has 0 spiro atoms. The van der Waals surface area contributed by atoms with Crippen LogP contribution in [-0.4, -0.2) is 34.6 Å². The van der Waals surface area contributed by atoms with Crippen molar-refractivity contribution in [3.05, 3.63) is 65.2 Å². The van der Waals surface area contributed by atoms with Crippen molar-refractivity contribution >= 4 is 35.2 Å². The number of carbonyl (C=O) groups is 2. The minimum Gasteiger partial charge on any atom is -0.352 e. The first-order chi connectivity index (χ1) is 15.1. The van der Waals surface area contributed by atoms with Crippen LogP contribution in [0.4, 0.5) is 0 Å². The Bertz CT molecular complexity index is 838. The van der Waals surface area contributed by atoms with E-state index in [0.717, 1.165) is 36.1 Å². The number of rotatable bonds is 9. The van der Waals surface area contributed by atoms with Gasteiger partial charge in [-0.05, 0) is 49.1 Å². The van der Waals surface area contributed by atoms with E-state index in [-0.39, 0.29) is 23.6 Å². The van der Waals surface area contributed by atoms with E-state index in [1.807, 2.05) is 61.5 Å². The molecule has 1 fully saturated rings. The van der Waals surface area contributed by atoms with Crippen molar-refractivity contribution in [1.82, 2.24) is 10.2 Å². The minimum absolute atomic E-state index is 0.0322. The molecule has 1 aliphatic rings. The zero-order valence-corrected chi connectivity index (χ0v) is 19.6. The molecule has 1 atom stereocenters. The van der Waals surface area contributed by atoms with Crippen LogP contribution >= 0.6 is 23.4 Å². The molecule has 2 aromatic carbocycles. The second-order valence-electron chi connectivity index (χ2n) is 8.02. The highest BCUT2D eigenvalue weighted by Gasteiger charge is 2.30. The highest BCUT2D eigenvalue weighted by molar-refractivity contribution is 8.00. The number of carbonyl (C=O) groups excluding carboxylic acids is 2. The molecule has 3 rings (SSSR count). The third-order valence-electron chi connectivity index (χ3n) is 5.71. The van der Waals surface area contributed by atoms with E-state index in [1.165, 1.54) is 18.2 Å². The second kappa shape index (κ2) is 12.2. The van der Waals surface area contributed by atoms with Gasteiger partial charge in [0.15, 0.2) is 0 Å². The van der Waals surface area contributed by atoms with E-state index >= 15 is 0 Å². The molecule has 1 aliphatic carbocycles. The molecule has 6 heteroatoms. The predicted molar refractivity (Wildman–Crippen MR) is 128 cm³/mol. The smallest absolute Gasteiger partial charge is 0.243 e. The fourth-order valence-corrected chi connectivity index (χ4v) is 4.91. The lowest BCUT2D eigenvalue weighted by Gasteiger charge is -2.32. The van der Waals surface area contributed by atoms with Crippen LogP contribution in [0.2, 0.25) is 5.02 Å². The van der Waals surface area contributed by atoms with Gasteiger partial charge in [-0.3, -0.25) is 9.59 Å². The van der Waals surface area contributed by atoms with Crippen molar-refractivity contribution in [1.29, 1.82) is 0 Å². The summed E-state index contributed by atoms with van der Waals surface area (Å²) in [5, 5.41) is 3.89. The summed E-state index contributed by atoms with van der Waals surface area (Å²) >= 11 is 7.43. The summed E-state index contributed by atoms with van der Waals surface area (Å²) in [6.45, 7) is 2.40. The molecule has 4 nitrogen and oxygen atoms in total. The number of halogens is 1. The van der Waals surface area contributed by atoms with E-state index in [4.69, 9.17) is 11.6 Å². The van der Waals surface area contributed by atoms with E-state index in [1.54, 1.807) is 4.90 Å². The molecule has 166 valence electrons. The van der Waals surface area contributed by atoms with Crippen LogP contribution in [-0.2, 0) is 16.1 Å². The Morgan fingerprint density at radius 2 is 1.74 bits per heavy atom. The average molecular weight is 459 g/mol. The first-order valence-electron chi connectivity index (χ1n) is 11.1. The van der Waals surface area contributed by atoms with Crippen LogP contribution in [0.25, 0.3) is 0 Å². The van der Waals surface area contributed by atoms with Gasteiger partial charge in [0.05, 0.1) is 5.75 Å². The second-order valence-corrected chi connectivity index (χ2v) is 9.50. The zero-order valence-electron chi connectivity index (χ0n) is 18.1. The van der Waals surface area contributed by atoms with Crippen LogP contribution in [0.3, 0.4) is 0 Å². The van der Waals surface area contributed by atoms with Gasteiger partial charge in [0.1, 0.15) is 6.04 Å². The molecular weight excluding hydrogens is 428 g/mol. The molecule has 2 aromatic rings. The lowest BCUT2D eigenvalue weighted by molar-refractivity contribution is -0.139. The zero-order chi connectivity index (χ0) is 22.1. The van der Waals surface area contributed by atoms with Gasteiger partial charge in [-0.15, -0.1) is 11.8 Å². The van der Waals surface area contributed by atoms with E-state index < -0.39 is 6.04 Å². The molecule has 1 N–H and O–H groups in total. The Morgan fingerprint density at radius 1 is 1.06 bits per heavy atom. The van der Waals surface area contributed by atoms with Crippen molar-refractivity contribution in [2.24, 2.45) is 0 Å². The number of amides is 2. The van der Waals surface area contributed by atoms with Gasteiger partial charge >= 0.3 is 0 Å². The van der Waals surface area contributed by atoms with Gasteiger partial charge in [-0.1, -0.05) is 68.1 Å². The minimum atomic E-state index is -0.472. The maximum atomic E-state index is 13.3. The van der Waals surface area contributed by atoms with Gasteiger partial charge in [0, 0.05) is 22.5 Å². The van der Waals surface area contributed by atoms with Gasteiger partial charge in [-0.2, -0.15) is 0 Å². The van der Waals surface area contributed by atoms with E-state index in [9.17, 15) is 9.59 Å². The Hall–Kier alpha value is -1.98. The van der Waals surface area contributed by atoms with Gasteiger partial charge in [0.2, 0.25) is 11.8 Å². The van der Waals surface area contributed by atoms with Crippen LogP contribution in [0.5, 0.6) is 0 Å². The summed E-state index contributed by atoms with van der Waals surface area (Å²) < 4.78 is 0. The van der Waals surface area contributed by atoms with Crippen LogP contribution in [0.1, 0.15) is 51.0 Å². The maximum Gasteiger partial charge on any atom is 0.243 e. The van der Waals surface area contributed by atoms with Crippen molar-refractivity contribution in [3.8, 4) is 0 Å². The van der Waals surface area contributed by atoms with E-state index in [0.29, 0.717) is 18.0 Å². The standard InChI is InChI=1S/C25H31ClN2O2S/c1-2-23(25(30)27-21-11-7-4-8-12-21)28(17-19-9-5-3-6-10-19)24(29)18-31-22-15-13-20(26)14-16-22/h3,5-6,9-10,13-16,21,23H,2,4,7-8,11-12,17-18H2,1H3,(H,27,30)/t23-/m0/s1. The normalized spacial score (nSPS) is 15.3. The molecule has 0 bridgehead atoms. The number of nitrogens with one attached hydrogen (secondary N) is 1.